The van der Waals surface area contributed by atoms with E-state index in [1.54, 1.807) is 0 Å². The van der Waals surface area contributed by atoms with E-state index in [9.17, 15) is 71.2 Å². The van der Waals surface area contributed by atoms with Gasteiger partial charge in [-0.25, -0.2) is 4.79 Å². The summed E-state index contributed by atoms with van der Waals surface area (Å²) in [4.78, 5) is 11.7. The lowest BCUT2D eigenvalue weighted by Crippen LogP contribution is -2.69. The minimum absolute atomic E-state index is 0.660. The van der Waals surface area contributed by atoms with E-state index in [4.69, 9.17) is 23.7 Å². The van der Waals surface area contributed by atoms with Gasteiger partial charge in [0.05, 0.1) is 25.4 Å². The Hall–Kier alpha value is -2.15. The molecule has 0 spiro atoms. The Kier molecular flexibility index (Phi) is 10.8. The number of aliphatic hydroxyl groups excluding tert-OH is 11. The van der Waals surface area contributed by atoms with Crippen molar-refractivity contribution in [1.29, 1.82) is 0 Å². The van der Waals surface area contributed by atoms with E-state index < -0.39 is 134 Å². The predicted molar refractivity (Wildman–Crippen MR) is 134 cm³/mol. The average Bonchev–Trinajstić information content (AvgIpc) is 3.00. The van der Waals surface area contributed by atoms with E-state index in [-0.39, 0.29) is 0 Å². The Morgan fingerprint density at radius 2 is 1.34 bits per heavy atom. The van der Waals surface area contributed by atoms with Crippen molar-refractivity contribution >= 4 is 5.97 Å². The lowest BCUT2D eigenvalue weighted by molar-refractivity contribution is -0.417. The van der Waals surface area contributed by atoms with E-state index >= 15 is 0 Å². The van der Waals surface area contributed by atoms with Crippen LogP contribution in [0, 0.1) is 0 Å². The molecule has 0 bridgehead atoms. The number of para-hydroxylation sites is 1. The van der Waals surface area contributed by atoms with E-state index in [0.717, 1.165) is 18.2 Å². The smallest absolute Gasteiger partial charge is 0.339 e. The van der Waals surface area contributed by atoms with E-state index in [1.165, 1.54) is 0 Å². The second kappa shape index (κ2) is 13.7. The highest BCUT2D eigenvalue weighted by atomic mass is 16.8. The summed E-state index contributed by atoms with van der Waals surface area (Å²) < 4.78 is 27.5. The van der Waals surface area contributed by atoms with Gasteiger partial charge in [0.15, 0.2) is 12.6 Å². The number of phenols is 1. The quantitative estimate of drug-likeness (QED) is 0.119. The number of hydrogen-bond acceptors (Lipinski definition) is 18. The molecular weight excluding hydrogens is 604 g/mol. The zero-order valence-corrected chi connectivity index (χ0v) is 22.7. The molecule has 15 atom stereocenters. The fourth-order valence-electron chi connectivity index (χ4n) is 5.42. The molecule has 0 radical (unpaired) electrons. The van der Waals surface area contributed by atoms with Crippen LogP contribution in [-0.4, -0.2) is 178 Å². The molecule has 0 amide bonds. The van der Waals surface area contributed by atoms with Crippen LogP contribution in [0.1, 0.15) is 15.9 Å². The predicted octanol–water partition coefficient (Wildman–Crippen LogP) is -6.64. The van der Waals surface area contributed by atoms with Crippen LogP contribution in [0.3, 0.4) is 0 Å². The number of carbonyl (C=O) groups is 1. The molecule has 19 heteroatoms. The highest BCUT2D eigenvalue weighted by Crippen LogP contribution is 2.46. The summed E-state index contributed by atoms with van der Waals surface area (Å²) >= 11 is 0. The van der Waals surface area contributed by atoms with Crippen LogP contribution in [0.25, 0.3) is 0 Å². The molecule has 0 aromatic heterocycles. The van der Waals surface area contributed by atoms with Crippen molar-refractivity contribution in [2.75, 3.05) is 19.8 Å². The summed E-state index contributed by atoms with van der Waals surface area (Å²) in [6.07, 6.45) is -27.0. The molecule has 1 aromatic carbocycles. The molecule has 250 valence electrons. The summed E-state index contributed by atoms with van der Waals surface area (Å²) in [5.41, 5.74) is -1.39. The van der Waals surface area contributed by atoms with Crippen molar-refractivity contribution in [3.63, 3.8) is 0 Å². The van der Waals surface area contributed by atoms with Gasteiger partial charge in [0.1, 0.15) is 84.6 Å². The summed E-state index contributed by atoms with van der Waals surface area (Å²) in [6, 6.07) is 3.08. The molecule has 44 heavy (non-hydrogen) atoms. The molecule has 3 aliphatic rings. The summed E-state index contributed by atoms with van der Waals surface area (Å²) in [5.74, 6) is -5.58. The Balaban J connectivity index is 1.71. The highest BCUT2D eigenvalue weighted by Gasteiger charge is 2.60. The van der Waals surface area contributed by atoms with Gasteiger partial charge < -0.3 is 90.1 Å². The molecule has 3 saturated heterocycles. The fourth-order valence-corrected chi connectivity index (χ4v) is 5.42. The van der Waals surface area contributed by atoms with Crippen molar-refractivity contribution in [3.05, 3.63) is 29.3 Å². The first-order chi connectivity index (χ1) is 20.7. The van der Waals surface area contributed by atoms with Crippen LogP contribution < -0.4 is 0 Å². The van der Waals surface area contributed by atoms with E-state index in [2.05, 4.69) is 0 Å². The van der Waals surface area contributed by atoms with Crippen molar-refractivity contribution < 1.29 is 94.9 Å². The lowest BCUT2D eigenvalue weighted by Gasteiger charge is -2.52. The van der Waals surface area contributed by atoms with Gasteiger partial charge in [-0.1, -0.05) is 6.07 Å². The van der Waals surface area contributed by atoms with Crippen LogP contribution in [0.4, 0.5) is 0 Å². The average molecular weight is 641 g/mol. The maximum absolute atomic E-state index is 11.7. The molecule has 13 N–H and O–H groups in total. The number of ether oxygens (including phenoxy) is 5. The van der Waals surface area contributed by atoms with Crippen LogP contribution in [0.15, 0.2) is 18.2 Å². The normalized spacial score (nSPS) is 44.8. The first-order valence-corrected chi connectivity index (χ1v) is 13.4. The summed E-state index contributed by atoms with van der Waals surface area (Å²) in [6.45, 7) is -2.87. The minimum Gasteiger partial charge on any atom is -0.507 e. The van der Waals surface area contributed by atoms with Gasteiger partial charge in [-0.05, 0) is 12.1 Å². The van der Waals surface area contributed by atoms with Gasteiger partial charge >= 0.3 is 5.97 Å². The number of benzene rings is 1. The fraction of sp³-hybridized carbons (Fsp3) is 0.720. The van der Waals surface area contributed by atoms with Gasteiger partial charge in [0.2, 0.25) is 5.79 Å². The topological polar surface area (TPSA) is 326 Å². The maximum Gasteiger partial charge on any atom is 0.339 e. The van der Waals surface area contributed by atoms with E-state index in [1.807, 2.05) is 0 Å². The van der Waals surface area contributed by atoms with Crippen molar-refractivity contribution in [2.45, 2.75) is 91.6 Å². The third kappa shape index (κ3) is 6.03. The van der Waals surface area contributed by atoms with Gasteiger partial charge in [-0.3, -0.25) is 0 Å². The Morgan fingerprint density at radius 1 is 0.750 bits per heavy atom. The Labute approximate surface area is 247 Å². The number of carboxylic acid groups (broad SMARTS) is 1. The van der Waals surface area contributed by atoms with Crippen LogP contribution in [-0.2, 0) is 29.5 Å². The second-order valence-electron chi connectivity index (χ2n) is 10.6. The number of rotatable bonds is 9. The third-order valence-electron chi connectivity index (χ3n) is 7.85. The summed E-state index contributed by atoms with van der Waals surface area (Å²) in [5, 5.41) is 134. The number of hydrogen-bond donors (Lipinski definition) is 13. The maximum atomic E-state index is 11.7. The molecule has 0 aliphatic carbocycles. The number of aliphatic hydroxyl groups is 11. The number of aromatic hydroxyl groups is 1. The standard InChI is InChI=1S/C25H36O19/c26-4-9-13(30)16(33)21(36)25(43-9,8-3-1-2-7(12(8)29)22(37)38)44-20-11(6-28)41-24(18(35)15(20)32)42-19-10(5-27)40-23(39)17(34)14(19)31/h1-3,9-11,13-21,23-24,26-36,39H,4-6H2,(H,37,38)/t9-,10-,11-,13-,14-,15-,16+,17-,18-,19-,20-,21-,23+,24?,25?/m1/s1. The Morgan fingerprint density at radius 3 is 1.93 bits per heavy atom. The molecule has 3 heterocycles. The largest absolute Gasteiger partial charge is 0.507 e. The SMILES string of the molecule is O=C(O)c1cccc(C2(O[C@H]3[C@H](O)[C@@H](O)C(O[C@H]4[C@H](O)[C@@H](O)[C@@H](O)O[C@@H]4CO)O[C@@H]3CO)O[C@H](CO)[C@@H](O)[C@H](O)[C@H]2O)c1O. The third-order valence-corrected chi connectivity index (χ3v) is 7.85. The highest BCUT2D eigenvalue weighted by molar-refractivity contribution is 5.91. The first kappa shape index (κ1) is 34.7. The molecule has 19 nitrogen and oxygen atoms in total. The molecule has 0 saturated carbocycles. The zero-order chi connectivity index (χ0) is 32.7. The number of aromatic carboxylic acids is 1. The van der Waals surface area contributed by atoms with Gasteiger partial charge in [0.25, 0.3) is 0 Å². The van der Waals surface area contributed by atoms with Gasteiger partial charge in [-0.2, -0.15) is 0 Å². The first-order valence-electron chi connectivity index (χ1n) is 13.4. The van der Waals surface area contributed by atoms with Crippen molar-refractivity contribution in [2.24, 2.45) is 0 Å². The van der Waals surface area contributed by atoms with Crippen molar-refractivity contribution in [3.8, 4) is 5.75 Å². The van der Waals surface area contributed by atoms with Crippen molar-refractivity contribution in [1.82, 2.24) is 0 Å². The second-order valence-corrected chi connectivity index (χ2v) is 10.6. The van der Waals surface area contributed by atoms with Gasteiger partial charge in [0, 0.05) is 0 Å². The van der Waals surface area contributed by atoms with Crippen LogP contribution in [0.2, 0.25) is 0 Å². The Bertz CT molecular complexity index is 1130. The molecule has 1 aromatic rings. The monoisotopic (exact) mass is 640 g/mol. The van der Waals surface area contributed by atoms with Crippen LogP contribution >= 0.6 is 0 Å². The summed E-state index contributed by atoms with van der Waals surface area (Å²) in [7, 11) is 0. The molecular formula is C25H36O19. The molecule has 3 aliphatic heterocycles. The minimum atomic E-state index is -2.90. The van der Waals surface area contributed by atoms with E-state index in [0.29, 0.717) is 0 Å². The zero-order valence-electron chi connectivity index (χ0n) is 22.7. The van der Waals surface area contributed by atoms with Crippen LogP contribution in [0.5, 0.6) is 5.75 Å². The molecule has 2 unspecified atom stereocenters. The molecule has 4 rings (SSSR count). The molecule has 3 fully saturated rings. The number of carboxylic acids is 1. The lowest BCUT2D eigenvalue weighted by atomic mass is 9.86. The van der Waals surface area contributed by atoms with Gasteiger partial charge in [-0.15, -0.1) is 0 Å².